The van der Waals surface area contributed by atoms with Crippen LogP contribution in [0.2, 0.25) is 0 Å². The molecule has 4 aromatic rings. The summed E-state index contributed by atoms with van der Waals surface area (Å²) in [5.41, 5.74) is 5.17. The molecule has 3 aromatic heterocycles. The monoisotopic (exact) mass is 688 g/mol. The molecule has 0 fully saturated rings. The van der Waals surface area contributed by atoms with Crippen LogP contribution in [0.5, 0.6) is 11.5 Å². The van der Waals surface area contributed by atoms with E-state index in [-0.39, 0.29) is 54.8 Å². The van der Waals surface area contributed by atoms with Crippen LogP contribution in [0.15, 0.2) is 60.9 Å². The van der Waals surface area contributed by atoms with Crippen molar-refractivity contribution in [1.82, 2.24) is 15.0 Å². The van der Waals surface area contributed by atoms with Gasteiger partial charge in [0.05, 0.1) is 16.9 Å². The summed E-state index contributed by atoms with van der Waals surface area (Å²) < 4.78 is 0. The fraction of sp³-hybridized carbons (Fsp3) is 0.290. The summed E-state index contributed by atoms with van der Waals surface area (Å²) in [4.78, 5) is 13.5. The Morgan fingerprint density at radius 1 is 0.895 bits per heavy atom. The van der Waals surface area contributed by atoms with Crippen molar-refractivity contribution in [2.45, 2.75) is 53.9 Å². The summed E-state index contributed by atoms with van der Waals surface area (Å²) in [5.74, 6) is -0.0102. The van der Waals surface area contributed by atoms with Gasteiger partial charge in [-0.1, -0.05) is 59.8 Å². The van der Waals surface area contributed by atoms with E-state index in [1.54, 1.807) is 30.5 Å². The number of fused-ring (bicyclic) bond motifs is 1. The normalized spacial score (nSPS) is 12.3. The molecule has 0 saturated heterocycles. The number of benzene rings is 1. The third kappa shape index (κ3) is 5.71. The molecule has 6 nitrogen and oxygen atoms in total. The van der Waals surface area contributed by atoms with E-state index in [4.69, 9.17) is 4.98 Å². The van der Waals surface area contributed by atoms with Gasteiger partial charge in [0.2, 0.25) is 0 Å². The molecule has 0 unspecified atom stereocenters. The molecule has 1 aromatic carbocycles. The van der Waals surface area contributed by atoms with E-state index in [1.807, 2.05) is 13.0 Å². The van der Waals surface area contributed by atoms with Crippen molar-refractivity contribution in [2.75, 3.05) is 0 Å². The molecule has 0 aliphatic carbocycles. The molecule has 0 saturated carbocycles. The van der Waals surface area contributed by atoms with E-state index < -0.39 is 0 Å². The van der Waals surface area contributed by atoms with Gasteiger partial charge in [-0.25, -0.2) is 4.98 Å². The number of hydrogen-bond donors (Lipinski definition) is 2. The molecule has 200 valence electrons. The van der Waals surface area contributed by atoms with E-state index in [0.717, 1.165) is 33.2 Å². The number of nitrogens with zero attached hydrogens (tertiary/aromatic N) is 4. The van der Waals surface area contributed by atoms with Crippen LogP contribution < -0.4 is 0 Å². The van der Waals surface area contributed by atoms with Crippen LogP contribution in [0.1, 0.15) is 63.9 Å². The topological polar surface area (TPSA) is 101 Å². The van der Waals surface area contributed by atoms with Gasteiger partial charge in [0.1, 0.15) is 17.2 Å². The number of aromatic hydroxyl groups is 2. The largest absolute Gasteiger partial charge is 0.802 e. The molecule has 0 bridgehead atoms. The molecule has 4 rings (SSSR count). The van der Waals surface area contributed by atoms with Gasteiger partial charge in [-0.15, -0.1) is 5.71 Å². The minimum Gasteiger partial charge on any atom is -0.802 e. The summed E-state index contributed by atoms with van der Waals surface area (Å²) in [6.07, 6.45) is 4.85. The molecule has 0 aliphatic heterocycles. The van der Waals surface area contributed by atoms with Crippen LogP contribution in [-0.4, -0.2) is 30.9 Å². The van der Waals surface area contributed by atoms with Crippen molar-refractivity contribution in [3.63, 3.8) is 0 Å². The molecule has 3 heterocycles. The maximum atomic E-state index is 10.9. The van der Waals surface area contributed by atoms with Crippen molar-refractivity contribution in [2.24, 2.45) is 5.41 Å². The van der Waals surface area contributed by atoms with Gasteiger partial charge in [0, 0.05) is 38.8 Å². The average molecular weight is 689 g/mol. The Balaban J connectivity index is 0.00000400. The summed E-state index contributed by atoms with van der Waals surface area (Å²) >= 11 is 0. The Kier molecular flexibility index (Phi) is 8.28. The zero-order chi connectivity index (χ0) is 27.1. The summed E-state index contributed by atoms with van der Waals surface area (Å²) in [7, 11) is 0. The molecule has 0 amide bonds. The van der Waals surface area contributed by atoms with Gasteiger partial charge < -0.3 is 15.6 Å². The van der Waals surface area contributed by atoms with Gasteiger partial charge >= 0.3 is 0 Å². The predicted molar refractivity (Wildman–Crippen MR) is 151 cm³/mol. The first-order chi connectivity index (χ1) is 17.3. The van der Waals surface area contributed by atoms with E-state index in [1.165, 1.54) is 12.3 Å². The second-order valence-corrected chi connectivity index (χ2v) is 11.4. The standard InChI is InChI=1S/C31H33N4O2.Pt/c1-18-19(21(30(2,3)4)16-23(32)28-25(36)10-8-14-33-28)12-13-20-22(31(5,6)7)17-24(35-27(18)20)29-26(37)11-9-15-34-29;/h8-17,36-37H,1-7H3;/q-1;/b21-16+;. The first kappa shape index (κ1) is 29.2. The second-order valence-electron chi connectivity index (χ2n) is 11.4. The Bertz CT molecular complexity index is 1550. The number of hydrogen-bond acceptors (Lipinski definition) is 5. The fourth-order valence-corrected chi connectivity index (χ4v) is 4.55. The smallest absolute Gasteiger partial charge is 0.143 e. The number of allylic oxidation sites excluding steroid dienone is 2. The van der Waals surface area contributed by atoms with Gasteiger partial charge in [-0.2, -0.15) is 0 Å². The molecule has 0 radical (unpaired) electrons. The Labute approximate surface area is 238 Å². The third-order valence-electron chi connectivity index (χ3n) is 6.48. The van der Waals surface area contributed by atoms with Crippen LogP contribution in [0, 0.1) is 12.3 Å². The Morgan fingerprint density at radius 3 is 2.11 bits per heavy atom. The maximum absolute atomic E-state index is 10.9. The minimum absolute atomic E-state index is 0. The van der Waals surface area contributed by atoms with Crippen molar-refractivity contribution in [3.8, 4) is 22.9 Å². The molecule has 0 aliphatic rings. The van der Waals surface area contributed by atoms with Crippen LogP contribution in [0.4, 0.5) is 0 Å². The first-order valence-electron chi connectivity index (χ1n) is 12.3. The summed E-state index contributed by atoms with van der Waals surface area (Å²) in [5, 5.41) is 32.7. The summed E-state index contributed by atoms with van der Waals surface area (Å²) in [6.45, 7) is 14.7. The van der Waals surface area contributed by atoms with Gasteiger partial charge in [0.25, 0.3) is 0 Å². The van der Waals surface area contributed by atoms with Crippen LogP contribution in [0.3, 0.4) is 0 Å². The molecule has 7 heteroatoms. The van der Waals surface area contributed by atoms with E-state index >= 15 is 0 Å². The van der Waals surface area contributed by atoms with E-state index in [2.05, 4.69) is 63.6 Å². The molecular formula is C31H33N4O2Pt-. The molecule has 0 spiro atoms. The van der Waals surface area contributed by atoms with Gasteiger partial charge in [0.15, 0.2) is 0 Å². The first-order valence-corrected chi connectivity index (χ1v) is 12.3. The van der Waals surface area contributed by atoms with E-state index in [9.17, 15) is 15.6 Å². The Hall–Kier alpha value is -3.37. The number of aromatic nitrogens is 3. The molecule has 0 atom stereocenters. The Morgan fingerprint density at radius 2 is 1.53 bits per heavy atom. The third-order valence-corrected chi connectivity index (χ3v) is 6.48. The number of aryl methyl sites for hydroxylation is 1. The SMILES string of the molecule is Cc1c(/C(=C\C(=[N-])c2ncccc2O)C(C)(C)C)ccc2c(C(C)(C)C)cc(-c3ncccc3O)nc12.[Pt]. The van der Waals surface area contributed by atoms with Crippen LogP contribution in [-0.2, 0) is 26.5 Å². The van der Waals surface area contributed by atoms with E-state index in [0.29, 0.717) is 11.4 Å². The number of pyridine rings is 3. The zero-order valence-electron chi connectivity index (χ0n) is 22.8. The van der Waals surface area contributed by atoms with Crippen LogP contribution >= 0.6 is 0 Å². The average Bonchev–Trinajstić information content (AvgIpc) is 2.82. The molecule has 2 N–H and O–H groups in total. The number of rotatable bonds is 4. The van der Waals surface area contributed by atoms with Gasteiger partial charge in [-0.3, -0.25) is 9.97 Å². The quantitative estimate of drug-likeness (QED) is 0.221. The van der Waals surface area contributed by atoms with Crippen molar-refractivity contribution in [1.29, 1.82) is 0 Å². The maximum Gasteiger partial charge on any atom is 0.143 e. The fourth-order valence-electron chi connectivity index (χ4n) is 4.55. The van der Waals surface area contributed by atoms with Crippen molar-refractivity contribution >= 4 is 22.2 Å². The second kappa shape index (κ2) is 10.8. The predicted octanol–water partition coefficient (Wildman–Crippen LogP) is 7.19. The van der Waals surface area contributed by atoms with Crippen molar-refractivity contribution in [3.05, 3.63) is 88.7 Å². The van der Waals surface area contributed by atoms with Crippen LogP contribution in [0.25, 0.3) is 33.3 Å². The zero-order valence-corrected chi connectivity index (χ0v) is 25.0. The van der Waals surface area contributed by atoms with Crippen molar-refractivity contribution < 1.29 is 31.3 Å². The minimum atomic E-state index is -0.347. The van der Waals surface area contributed by atoms with Gasteiger partial charge in [-0.05, 0) is 70.3 Å². The molecular weight excluding hydrogens is 655 g/mol. The molecule has 38 heavy (non-hydrogen) atoms. The summed E-state index contributed by atoms with van der Waals surface area (Å²) in [6, 6.07) is 12.6.